The lowest BCUT2D eigenvalue weighted by molar-refractivity contribution is -0.140. The van der Waals surface area contributed by atoms with Gasteiger partial charge in [-0.2, -0.15) is 0 Å². The van der Waals surface area contributed by atoms with Gasteiger partial charge in [-0.15, -0.1) is 0 Å². The lowest BCUT2D eigenvalue weighted by Gasteiger charge is -2.05. The Morgan fingerprint density at radius 3 is 2.76 bits per heavy atom. The molecule has 0 fully saturated rings. The molecule has 0 heterocycles. The molecule has 1 rings (SSSR count). The number of hydrogen-bond acceptors (Lipinski definition) is 4. The molecular formula is C11H13FN2O3. The molecule has 17 heavy (non-hydrogen) atoms. The van der Waals surface area contributed by atoms with Gasteiger partial charge in [0.05, 0.1) is 19.1 Å². The van der Waals surface area contributed by atoms with Crippen molar-refractivity contribution in [3.05, 3.63) is 29.6 Å². The number of ether oxygens (including phenoxy) is 1. The quantitative estimate of drug-likeness (QED) is 0.599. The first-order chi connectivity index (χ1) is 8.04. The number of anilines is 1. The van der Waals surface area contributed by atoms with Crippen LogP contribution in [0.1, 0.15) is 16.8 Å². The zero-order chi connectivity index (χ0) is 12.8. The summed E-state index contributed by atoms with van der Waals surface area (Å²) >= 11 is 0. The van der Waals surface area contributed by atoms with Gasteiger partial charge in [0, 0.05) is 12.2 Å². The molecule has 6 heteroatoms. The van der Waals surface area contributed by atoms with Crippen LogP contribution in [0.4, 0.5) is 10.1 Å². The number of carbonyl (C=O) groups is 2. The number of nitrogens with two attached hydrogens (primary N) is 1. The number of carbonyl (C=O) groups excluding carboxylic acids is 2. The summed E-state index contributed by atoms with van der Waals surface area (Å²) in [5, 5.41) is 2.40. The molecule has 0 aromatic heterocycles. The number of benzene rings is 1. The normalized spacial score (nSPS) is 9.76. The zero-order valence-electron chi connectivity index (χ0n) is 9.33. The van der Waals surface area contributed by atoms with Crippen LogP contribution in [-0.2, 0) is 9.53 Å². The molecule has 0 saturated carbocycles. The molecule has 1 amide bonds. The summed E-state index contributed by atoms with van der Waals surface area (Å²) in [7, 11) is 1.25. The number of hydrogen-bond donors (Lipinski definition) is 2. The molecule has 0 radical (unpaired) electrons. The number of halogens is 1. The van der Waals surface area contributed by atoms with Gasteiger partial charge in [-0.05, 0) is 18.2 Å². The van der Waals surface area contributed by atoms with Crippen LogP contribution in [0.25, 0.3) is 0 Å². The minimum absolute atomic E-state index is 0.0405. The fourth-order valence-corrected chi connectivity index (χ4v) is 1.19. The second-order valence-corrected chi connectivity index (χ2v) is 3.32. The van der Waals surface area contributed by atoms with E-state index >= 15 is 0 Å². The summed E-state index contributed by atoms with van der Waals surface area (Å²) < 4.78 is 17.7. The second kappa shape index (κ2) is 5.83. The lowest BCUT2D eigenvalue weighted by Crippen LogP contribution is -2.27. The van der Waals surface area contributed by atoms with Gasteiger partial charge in [0.1, 0.15) is 5.82 Å². The number of amides is 1. The lowest BCUT2D eigenvalue weighted by atomic mass is 10.2. The van der Waals surface area contributed by atoms with Gasteiger partial charge in [0.2, 0.25) is 0 Å². The highest BCUT2D eigenvalue weighted by Gasteiger charge is 2.11. The molecule has 3 N–H and O–H groups in total. The summed E-state index contributed by atoms with van der Waals surface area (Å²) in [6.07, 6.45) is 0.0405. The third-order valence-electron chi connectivity index (χ3n) is 2.08. The third kappa shape index (κ3) is 3.75. The van der Waals surface area contributed by atoms with E-state index in [1.54, 1.807) is 0 Å². The van der Waals surface area contributed by atoms with E-state index in [0.717, 1.165) is 6.07 Å². The summed E-state index contributed by atoms with van der Waals surface area (Å²) in [5.74, 6) is -1.73. The molecule has 1 aromatic rings. The van der Waals surface area contributed by atoms with E-state index in [-0.39, 0.29) is 24.2 Å². The standard InChI is InChI=1S/C11H13FN2O3/c1-17-10(15)4-5-14-11(16)8-3-2-7(13)6-9(8)12/h2-3,6H,4-5,13H2,1H3,(H,14,16). The topological polar surface area (TPSA) is 81.4 Å². The number of nitrogens with one attached hydrogen (secondary N) is 1. The first kappa shape index (κ1) is 13.0. The van der Waals surface area contributed by atoms with E-state index < -0.39 is 17.7 Å². The average molecular weight is 240 g/mol. The number of methoxy groups -OCH3 is 1. The predicted molar refractivity (Wildman–Crippen MR) is 59.8 cm³/mol. The van der Waals surface area contributed by atoms with E-state index in [4.69, 9.17) is 5.73 Å². The summed E-state index contributed by atoms with van der Waals surface area (Å²) in [5.41, 5.74) is 5.49. The van der Waals surface area contributed by atoms with Gasteiger partial charge in [-0.1, -0.05) is 0 Å². The molecule has 0 aliphatic rings. The Balaban J connectivity index is 2.55. The molecule has 0 aliphatic carbocycles. The number of esters is 1. The smallest absolute Gasteiger partial charge is 0.307 e. The van der Waals surface area contributed by atoms with E-state index in [0.29, 0.717) is 0 Å². The van der Waals surface area contributed by atoms with E-state index in [1.807, 2.05) is 0 Å². The van der Waals surface area contributed by atoms with Crippen LogP contribution in [0.15, 0.2) is 18.2 Å². The van der Waals surface area contributed by atoms with E-state index in [2.05, 4.69) is 10.1 Å². The molecule has 0 bridgehead atoms. The van der Waals surface area contributed by atoms with Crippen molar-refractivity contribution in [3.63, 3.8) is 0 Å². The van der Waals surface area contributed by atoms with Crippen molar-refractivity contribution in [2.75, 3.05) is 19.4 Å². The van der Waals surface area contributed by atoms with Crippen molar-refractivity contribution in [2.45, 2.75) is 6.42 Å². The Morgan fingerprint density at radius 2 is 2.18 bits per heavy atom. The monoisotopic (exact) mass is 240 g/mol. The van der Waals surface area contributed by atoms with Crippen molar-refractivity contribution in [1.29, 1.82) is 0 Å². The van der Waals surface area contributed by atoms with E-state index in [9.17, 15) is 14.0 Å². The summed E-state index contributed by atoms with van der Waals surface area (Å²) in [4.78, 5) is 22.3. The Hall–Kier alpha value is -2.11. The van der Waals surface area contributed by atoms with Crippen LogP contribution in [0.5, 0.6) is 0 Å². The van der Waals surface area contributed by atoms with Crippen LogP contribution >= 0.6 is 0 Å². The van der Waals surface area contributed by atoms with Gasteiger partial charge in [0.15, 0.2) is 0 Å². The van der Waals surface area contributed by atoms with Gasteiger partial charge < -0.3 is 15.8 Å². The minimum atomic E-state index is -0.694. The van der Waals surface area contributed by atoms with Gasteiger partial charge >= 0.3 is 5.97 Å². The first-order valence-electron chi connectivity index (χ1n) is 4.94. The largest absolute Gasteiger partial charge is 0.469 e. The maximum atomic E-state index is 13.3. The highest BCUT2D eigenvalue weighted by atomic mass is 19.1. The molecule has 0 aliphatic heterocycles. The number of nitrogen functional groups attached to an aromatic ring is 1. The SMILES string of the molecule is COC(=O)CCNC(=O)c1ccc(N)cc1F. The molecule has 0 unspecified atom stereocenters. The second-order valence-electron chi connectivity index (χ2n) is 3.32. The van der Waals surface area contributed by atoms with Crippen LogP contribution in [0.3, 0.4) is 0 Å². The summed E-state index contributed by atoms with van der Waals surface area (Å²) in [6.45, 7) is 0.0926. The van der Waals surface area contributed by atoms with Crippen molar-refractivity contribution in [1.82, 2.24) is 5.32 Å². The van der Waals surface area contributed by atoms with Crippen LogP contribution in [-0.4, -0.2) is 25.5 Å². The third-order valence-corrected chi connectivity index (χ3v) is 2.08. The molecule has 0 saturated heterocycles. The van der Waals surface area contributed by atoms with Crippen LogP contribution < -0.4 is 11.1 Å². The van der Waals surface area contributed by atoms with Crippen LogP contribution in [0.2, 0.25) is 0 Å². The van der Waals surface area contributed by atoms with Gasteiger partial charge in [0.25, 0.3) is 5.91 Å². The fourth-order valence-electron chi connectivity index (χ4n) is 1.19. The molecule has 1 aromatic carbocycles. The molecule has 5 nitrogen and oxygen atoms in total. The van der Waals surface area contributed by atoms with Crippen molar-refractivity contribution in [2.24, 2.45) is 0 Å². The van der Waals surface area contributed by atoms with Crippen molar-refractivity contribution >= 4 is 17.6 Å². The average Bonchev–Trinajstić information content (AvgIpc) is 2.28. The maximum Gasteiger partial charge on any atom is 0.307 e. The maximum absolute atomic E-state index is 13.3. The highest BCUT2D eigenvalue weighted by Crippen LogP contribution is 2.11. The first-order valence-corrected chi connectivity index (χ1v) is 4.94. The molecule has 0 spiro atoms. The predicted octanol–water partition coefficient (Wildman–Crippen LogP) is 0.701. The van der Waals surface area contributed by atoms with Crippen LogP contribution in [0, 0.1) is 5.82 Å². The fraction of sp³-hybridized carbons (Fsp3) is 0.273. The van der Waals surface area contributed by atoms with Gasteiger partial charge in [-0.3, -0.25) is 9.59 Å². The Kier molecular flexibility index (Phi) is 4.45. The van der Waals surface area contributed by atoms with Crippen molar-refractivity contribution in [3.8, 4) is 0 Å². The zero-order valence-corrected chi connectivity index (χ0v) is 9.33. The van der Waals surface area contributed by atoms with E-state index in [1.165, 1.54) is 19.2 Å². The van der Waals surface area contributed by atoms with Gasteiger partial charge in [-0.25, -0.2) is 4.39 Å². The molecular weight excluding hydrogens is 227 g/mol. The van der Waals surface area contributed by atoms with Crippen molar-refractivity contribution < 1.29 is 18.7 Å². The minimum Gasteiger partial charge on any atom is -0.469 e. The Bertz CT molecular complexity index is 435. The Labute approximate surface area is 97.7 Å². The highest BCUT2D eigenvalue weighted by molar-refractivity contribution is 5.94. The molecule has 0 atom stereocenters. The molecule has 92 valence electrons. The number of rotatable bonds is 4. The summed E-state index contributed by atoms with van der Waals surface area (Å²) in [6, 6.07) is 3.78. The Morgan fingerprint density at radius 1 is 1.47 bits per heavy atom.